The monoisotopic (exact) mass is 286 g/mol. The predicted molar refractivity (Wildman–Crippen MR) is 69.4 cm³/mol. The Morgan fingerprint density at radius 2 is 1.85 bits per heavy atom. The number of nitrogens with zero attached hydrogens (tertiary/aromatic N) is 2. The van der Waals surface area contributed by atoms with Gasteiger partial charge in [0.15, 0.2) is 0 Å². The summed E-state index contributed by atoms with van der Waals surface area (Å²) in [5, 5.41) is 8.94. The lowest BCUT2D eigenvalue weighted by Gasteiger charge is -2.32. The van der Waals surface area contributed by atoms with Crippen molar-refractivity contribution < 1.29 is 17.9 Å². The van der Waals surface area contributed by atoms with Gasteiger partial charge in [-0.15, -0.1) is 0 Å². The minimum atomic E-state index is -4.47. The molecule has 0 atom stereocenters. The third kappa shape index (κ3) is 3.87. The quantitative estimate of drug-likeness (QED) is 0.852. The molecule has 0 bridgehead atoms. The van der Waals surface area contributed by atoms with Crippen molar-refractivity contribution in [3.8, 4) is 11.8 Å². The van der Waals surface area contributed by atoms with Crippen LogP contribution in [0.4, 0.5) is 13.2 Å². The van der Waals surface area contributed by atoms with Gasteiger partial charge in [0.25, 0.3) is 0 Å². The molecule has 0 unspecified atom stereocenters. The lowest BCUT2D eigenvalue weighted by atomic mass is 10.1. The number of rotatable bonds is 4. The van der Waals surface area contributed by atoms with Gasteiger partial charge in [-0.25, -0.2) is 0 Å². The molecule has 1 aromatic rings. The van der Waals surface area contributed by atoms with Crippen LogP contribution in [0.1, 0.15) is 25.0 Å². The highest BCUT2D eigenvalue weighted by molar-refractivity contribution is 5.46. The highest BCUT2D eigenvalue weighted by Crippen LogP contribution is 2.32. The fraction of sp³-hybridized carbons (Fsp3) is 0.500. The van der Waals surface area contributed by atoms with Gasteiger partial charge in [-0.1, -0.05) is 0 Å². The van der Waals surface area contributed by atoms with Crippen molar-refractivity contribution in [3.05, 3.63) is 29.3 Å². The van der Waals surface area contributed by atoms with Crippen molar-refractivity contribution in [1.29, 1.82) is 5.26 Å². The van der Waals surface area contributed by atoms with E-state index >= 15 is 0 Å². The Morgan fingerprint density at radius 1 is 1.25 bits per heavy atom. The topological polar surface area (TPSA) is 36.3 Å². The molecule has 0 saturated carbocycles. The van der Waals surface area contributed by atoms with Crippen LogP contribution >= 0.6 is 0 Å². The summed E-state index contributed by atoms with van der Waals surface area (Å²) in [6.07, 6.45) is -4.47. The molecule has 3 nitrogen and oxygen atoms in total. The molecule has 0 spiro atoms. The summed E-state index contributed by atoms with van der Waals surface area (Å²) in [5.41, 5.74) is -1.27. The molecule has 1 aromatic carbocycles. The number of benzene rings is 1. The average Bonchev–Trinajstić information content (AvgIpc) is 2.34. The Balaban J connectivity index is 2.96. The molecule has 0 aliphatic rings. The Labute approximate surface area is 116 Å². The van der Waals surface area contributed by atoms with Gasteiger partial charge in [-0.3, -0.25) is 0 Å². The first-order valence-corrected chi connectivity index (χ1v) is 5.99. The molecule has 6 heteroatoms. The van der Waals surface area contributed by atoms with Crippen LogP contribution in [0.3, 0.4) is 0 Å². The maximum Gasteiger partial charge on any atom is 0.416 e. The SMILES string of the molecule is CN(C)C(C)(C)COc1ccc(C(F)(F)F)cc1C#N. The lowest BCUT2D eigenvalue weighted by Crippen LogP contribution is -2.43. The molecule has 110 valence electrons. The second-order valence-corrected chi connectivity index (χ2v) is 5.32. The van der Waals surface area contributed by atoms with Crippen LogP contribution in [0.15, 0.2) is 18.2 Å². The van der Waals surface area contributed by atoms with Gasteiger partial charge >= 0.3 is 6.18 Å². The Morgan fingerprint density at radius 3 is 2.30 bits per heavy atom. The van der Waals surface area contributed by atoms with Crippen LogP contribution in [-0.2, 0) is 6.18 Å². The molecule has 0 saturated heterocycles. The molecule has 0 N–H and O–H groups in total. The minimum absolute atomic E-state index is 0.116. The van der Waals surface area contributed by atoms with Crippen molar-refractivity contribution in [2.45, 2.75) is 25.6 Å². The van der Waals surface area contributed by atoms with Crippen LogP contribution in [0.25, 0.3) is 0 Å². The first-order valence-electron chi connectivity index (χ1n) is 5.99. The number of alkyl halides is 3. The largest absolute Gasteiger partial charge is 0.490 e. The van der Waals surface area contributed by atoms with Gasteiger partial charge in [0.2, 0.25) is 0 Å². The standard InChI is InChI=1S/C14H17F3N2O/c1-13(2,19(3)4)9-20-12-6-5-11(14(15,16)17)7-10(12)8-18/h5-7H,9H2,1-4H3. The summed E-state index contributed by atoms with van der Waals surface area (Å²) in [5.74, 6) is 0.162. The normalized spacial score (nSPS) is 12.3. The average molecular weight is 286 g/mol. The van der Waals surface area contributed by atoms with Crippen LogP contribution < -0.4 is 4.74 Å². The van der Waals surface area contributed by atoms with E-state index in [1.165, 1.54) is 6.07 Å². The number of hydrogen-bond donors (Lipinski definition) is 0. The summed E-state index contributed by atoms with van der Waals surface area (Å²) in [4.78, 5) is 1.93. The maximum absolute atomic E-state index is 12.6. The summed E-state index contributed by atoms with van der Waals surface area (Å²) >= 11 is 0. The van der Waals surface area contributed by atoms with Gasteiger partial charge in [-0.05, 0) is 46.1 Å². The molecule has 0 aliphatic heterocycles. The highest BCUT2D eigenvalue weighted by atomic mass is 19.4. The summed E-state index contributed by atoms with van der Waals surface area (Å²) in [7, 11) is 3.75. The summed E-state index contributed by atoms with van der Waals surface area (Å²) < 4.78 is 43.2. The number of halogens is 3. The summed E-state index contributed by atoms with van der Waals surface area (Å²) in [6.45, 7) is 4.13. The van der Waals surface area contributed by atoms with E-state index in [1.54, 1.807) is 6.07 Å². The second kappa shape index (κ2) is 5.71. The molecule has 0 fully saturated rings. The van der Waals surface area contributed by atoms with Gasteiger partial charge in [-0.2, -0.15) is 18.4 Å². The highest BCUT2D eigenvalue weighted by Gasteiger charge is 2.31. The van der Waals surface area contributed by atoms with E-state index in [2.05, 4.69) is 0 Å². The minimum Gasteiger partial charge on any atom is -0.490 e. The lowest BCUT2D eigenvalue weighted by molar-refractivity contribution is -0.137. The van der Waals surface area contributed by atoms with Crippen molar-refractivity contribution in [2.75, 3.05) is 20.7 Å². The Kier molecular flexibility index (Phi) is 4.66. The smallest absolute Gasteiger partial charge is 0.416 e. The van der Waals surface area contributed by atoms with E-state index in [0.29, 0.717) is 0 Å². The van der Waals surface area contributed by atoms with Gasteiger partial charge < -0.3 is 9.64 Å². The van der Waals surface area contributed by atoms with E-state index in [4.69, 9.17) is 10.00 Å². The van der Waals surface area contributed by atoms with E-state index in [-0.39, 0.29) is 23.5 Å². The maximum atomic E-state index is 12.6. The third-order valence-corrected chi connectivity index (χ3v) is 3.22. The van der Waals surface area contributed by atoms with Crippen LogP contribution in [0.2, 0.25) is 0 Å². The fourth-order valence-corrected chi connectivity index (χ4v) is 1.30. The fourth-order valence-electron chi connectivity index (χ4n) is 1.30. The number of ether oxygens (including phenoxy) is 1. The molecule has 0 aliphatic carbocycles. The molecule has 1 rings (SSSR count). The third-order valence-electron chi connectivity index (χ3n) is 3.22. The number of likely N-dealkylation sites (N-methyl/N-ethyl adjacent to an activating group) is 1. The van der Waals surface area contributed by atoms with E-state index in [1.807, 2.05) is 32.8 Å². The van der Waals surface area contributed by atoms with Crippen molar-refractivity contribution in [2.24, 2.45) is 0 Å². The molecule has 0 aromatic heterocycles. The number of nitriles is 1. The van der Waals surface area contributed by atoms with E-state index < -0.39 is 11.7 Å². The molecule has 0 amide bonds. The molecule has 0 heterocycles. The van der Waals surface area contributed by atoms with Crippen molar-refractivity contribution in [3.63, 3.8) is 0 Å². The van der Waals surface area contributed by atoms with Crippen LogP contribution in [-0.4, -0.2) is 31.1 Å². The van der Waals surface area contributed by atoms with Crippen molar-refractivity contribution >= 4 is 0 Å². The van der Waals surface area contributed by atoms with E-state index in [0.717, 1.165) is 12.1 Å². The zero-order valence-corrected chi connectivity index (χ0v) is 11.9. The van der Waals surface area contributed by atoms with Crippen LogP contribution in [0.5, 0.6) is 5.75 Å². The predicted octanol–water partition coefficient (Wildman–Crippen LogP) is 3.30. The zero-order valence-electron chi connectivity index (χ0n) is 11.9. The molecule has 0 radical (unpaired) electrons. The Bertz CT molecular complexity index is 516. The molecular weight excluding hydrogens is 269 g/mol. The van der Waals surface area contributed by atoms with Gasteiger partial charge in [0.05, 0.1) is 11.1 Å². The first-order chi connectivity index (χ1) is 9.08. The van der Waals surface area contributed by atoms with E-state index in [9.17, 15) is 13.2 Å². The first kappa shape index (κ1) is 16.3. The Hall–Kier alpha value is -1.74. The molecular formula is C14H17F3N2O. The van der Waals surface area contributed by atoms with Gasteiger partial charge in [0.1, 0.15) is 18.4 Å². The van der Waals surface area contributed by atoms with Gasteiger partial charge in [0, 0.05) is 5.54 Å². The van der Waals surface area contributed by atoms with Crippen LogP contribution in [0, 0.1) is 11.3 Å². The van der Waals surface area contributed by atoms with Crippen molar-refractivity contribution in [1.82, 2.24) is 4.90 Å². The second-order valence-electron chi connectivity index (χ2n) is 5.32. The zero-order chi connectivity index (χ0) is 15.6. The molecule has 20 heavy (non-hydrogen) atoms. The summed E-state index contributed by atoms with van der Waals surface area (Å²) in [6, 6.07) is 4.64. The number of hydrogen-bond acceptors (Lipinski definition) is 3.